The van der Waals surface area contributed by atoms with E-state index in [2.05, 4.69) is 20.9 Å². The van der Waals surface area contributed by atoms with Crippen molar-refractivity contribution in [2.45, 2.75) is 6.92 Å². The number of rotatable bonds is 5. The molecule has 0 fully saturated rings. The monoisotopic (exact) mass is 378 g/mol. The molecule has 0 amide bonds. The van der Waals surface area contributed by atoms with Crippen molar-refractivity contribution in [2.24, 2.45) is 4.99 Å². The van der Waals surface area contributed by atoms with E-state index in [0.29, 0.717) is 22.7 Å². The highest BCUT2D eigenvalue weighted by Crippen LogP contribution is 2.32. The maximum Gasteiger partial charge on any atom is 0.274 e. The number of hydrogen-bond donors (Lipinski definition) is 0. The summed E-state index contributed by atoms with van der Waals surface area (Å²) in [7, 11) is 3.12. The Morgan fingerprint density at radius 2 is 1.87 bits per heavy atom. The minimum Gasteiger partial charge on any atom is -0.496 e. The third-order valence-corrected chi connectivity index (χ3v) is 3.87. The van der Waals surface area contributed by atoms with E-state index in [1.165, 1.54) is 6.07 Å². The van der Waals surface area contributed by atoms with E-state index in [1.807, 2.05) is 6.07 Å². The summed E-state index contributed by atoms with van der Waals surface area (Å²) in [5.74, 6) is 1.24. The van der Waals surface area contributed by atoms with Gasteiger partial charge in [0, 0.05) is 29.5 Å². The summed E-state index contributed by atoms with van der Waals surface area (Å²) in [5, 5.41) is 11.0. The fourth-order valence-corrected chi connectivity index (χ4v) is 2.53. The first kappa shape index (κ1) is 17.0. The molecule has 7 heteroatoms. The maximum absolute atomic E-state index is 11.0. The van der Waals surface area contributed by atoms with Crippen LogP contribution in [0.3, 0.4) is 0 Å². The average molecular weight is 379 g/mol. The number of nitrogens with zero attached hydrogens (tertiary/aromatic N) is 2. The second-order valence-corrected chi connectivity index (χ2v) is 5.57. The number of aliphatic imine (C=N–C) groups is 1. The molecule has 2 aromatic rings. The predicted molar refractivity (Wildman–Crippen MR) is 92.3 cm³/mol. The van der Waals surface area contributed by atoms with E-state index in [1.54, 1.807) is 45.6 Å². The zero-order valence-electron chi connectivity index (χ0n) is 12.9. The van der Waals surface area contributed by atoms with Crippen molar-refractivity contribution < 1.29 is 14.4 Å². The van der Waals surface area contributed by atoms with Crippen LogP contribution in [0.25, 0.3) is 0 Å². The lowest BCUT2D eigenvalue weighted by Crippen LogP contribution is -1.94. The Hall–Kier alpha value is -2.41. The number of methoxy groups -OCH3 is 2. The smallest absolute Gasteiger partial charge is 0.274 e. The molecule has 23 heavy (non-hydrogen) atoms. The van der Waals surface area contributed by atoms with Gasteiger partial charge >= 0.3 is 0 Å². The first-order valence-corrected chi connectivity index (χ1v) is 7.46. The van der Waals surface area contributed by atoms with E-state index >= 15 is 0 Å². The Bertz CT molecular complexity index is 775. The summed E-state index contributed by atoms with van der Waals surface area (Å²) in [5.41, 5.74) is 1.86. The van der Waals surface area contributed by atoms with Crippen LogP contribution in [-0.2, 0) is 0 Å². The number of halogens is 1. The number of nitro benzene ring substituents is 1. The lowest BCUT2D eigenvalue weighted by atomic mass is 10.2. The Kier molecular flexibility index (Phi) is 5.33. The summed E-state index contributed by atoms with van der Waals surface area (Å²) in [6.45, 7) is 1.69. The van der Waals surface area contributed by atoms with Crippen LogP contribution in [-0.4, -0.2) is 25.4 Å². The summed E-state index contributed by atoms with van der Waals surface area (Å²) in [6, 6.07) is 8.39. The van der Waals surface area contributed by atoms with E-state index in [0.717, 1.165) is 10.0 Å². The third-order valence-electron chi connectivity index (χ3n) is 3.25. The van der Waals surface area contributed by atoms with Crippen LogP contribution >= 0.6 is 15.9 Å². The van der Waals surface area contributed by atoms with Crippen molar-refractivity contribution >= 4 is 33.5 Å². The second-order valence-electron chi connectivity index (χ2n) is 4.71. The van der Waals surface area contributed by atoms with Gasteiger partial charge in [0.15, 0.2) is 0 Å². The quantitative estimate of drug-likeness (QED) is 0.438. The van der Waals surface area contributed by atoms with Crippen LogP contribution in [0.5, 0.6) is 11.5 Å². The van der Waals surface area contributed by atoms with Gasteiger partial charge in [0.2, 0.25) is 0 Å². The molecular weight excluding hydrogens is 364 g/mol. The molecule has 0 unspecified atom stereocenters. The normalized spacial score (nSPS) is 10.8. The Balaban J connectivity index is 2.39. The van der Waals surface area contributed by atoms with Crippen molar-refractivity contribution in [3.8, 4) is 11.5 Å². The molecule has 0 aliphatic carbocycles. The molecule has 0 aliphatic rings. The lowest BCUT2D eigenvalue weighted by molar-refractivity contribution is -0.385. The topological polar surface area (TPSA) is 74.0 Å². The number of hydrogen-bond acceptors (Lipinski definition) is 5. The van der Waals surface area contributed by atoms with Crippen LogP contribution < -0.4 is 9.47 Å². The standard InChI is InChI=1S/C16H15BrN2O4/c1-10-4-5-12(7-14(10)19(20)21)18-9-11-6-13(17)16(23-3)8-15(11)22-2/h4-9H,1-3H3. The Morgan fingerprint density at radius 3 is 2.48 bits per heavy atom. The molecule has 0 spiro atoms. The molecule has 0 saturated heterocycles. The van der Waals surface area contributed by atoms with Gasteiger partial charge < -0.3 is 9.47 Å². The first-order chi connectivity index (χ1) is 11.0. The zero-order valence-corrected chi connectivity index (χ0v) is 14.5. The number of nitro groups is 1. The largest absolute Gasteiger partial charge is 0.496 e. The van der Waals surface area contributed by atoms with Crippen molar-refractivity contribution in [1.29, 1.82) is 0 Å². The van der Waals surface area contributed by atoms with Gasteiger partial charge in [-0.05, 0) is 35.0 Å². The van der Waals surface area contributed by atoms with Gasteiger partial charge in [0.25, 0.3) is 5.69 Å². The van der Waals surface area contributed by atoms with Crippen LogP contribution in [0, 0.1) is 17.0 Å². The summed E-state index contributed by atoms with van der Waals surface area (Å²) < 4.78 is 11.3. The van der Waals surface area contributed by atoms with Crippen molar-refractivity contribution in [1.82, 2.24) is 0 Å². The molecule has 120 valence electrons. The zero-order chi connectivity index (χ0) is 17.0. The highest BCUT2D eigenvalue weighted by molar-refractivity contribution is 9.10. The molecule has 0 atom stereocenters. The van der Waals surface area contributed by atoms with E-state index < -0.39 is 4.92 Å². The van der Waals surface area contributed by atoms with Gasteiger partial charge in [-0.15, -0.1) is 0 Å². The molecule has 0 bridgehead atoms. The van der Waals surface area contributed by atoms with Crippen molar-refractivity contribution in [3.05, 3.63) is 56.0 Å². The van der Waals surface area contributed by atoms with E-state index in [9.17, 15) is 10.1 Å². The van der Waals surface area contributed by atoms with E-state index in [-0.39, 0.29) is 5.69 Å². The molecule has 0 aliphatic heterocycles. The highest BCUT2D eigenvalue weighted by atomic mass is 79.9. The molecule has 2 aromatic carbocycles. The van der Waals surface area contributed by atoms with Gasteiger partial charge in [-0.25, -0.2) is 0 Å². The molecule has 2 rings (SSSR count). The summed E-state index contributed by atoms with van der Waals surface area (Å²) in [6.07, 6.45) is 1.59. The fourth-order valence-electron chi connectivity index (χ4n) is 2.00. The van der Waals surface area contributed by atoms with E-state index in [4.69, 9.17) is 9.47 Å². The van der Waals surface area contributed by atoms with Gasteiger partial charge in [-0.1, -0.05) is 6.07 Å². The SMILES string of the molecule is COc1cc(OC)c(C=Nc2ccc(C)c([N+](=O)[O-])c2)cc1Br. The minimum atomic E-state index is -0.418. The maximum atomic E-state index is 11.0. The number of aryl methyl sites for hydroxylation is 1. The molecule has 0 heterocycles. The highest BCUT2D eigenvalue weighted by Gasteiger charge is 2.11. The predicted octanol–water partition coefficient (Wildman–Crippen LogP) is 4.43. The molecule has 0 N–H and O–H groups in total. The van der Waals surface area contributed by atoms with Crippen molar-refractivity contribution in [2.75, 3.05) is 14.2 Å². The number of ether oxygens (including phenoxy) is 2. The third kappa shape index (κ3) is 3.87. The molecule has 6 nitrogen and oxygen atoms in total. The van der Waals surface area contributed by atoms with Gasteiger partial charge in [-0.3, -0.25) is 15.1 Å². The van der Waals surface area contributed by atoms with Crippen LogP contribution in [0.15, 0.2) is 39.8 Å². The molecule has 0 saturated carbocycles. The van der Waals surface area contributed by atoms with Crippen LogP contribution in [0.1, 0.15) is 11.1 Å². The molecular formula is C16H15BrN2O4. The average Bonchev–Trinajstić information content (AvgIpc) is 2.53. The van der Waals surface area contributed by atoms with Gasteiger partial charge in [0.1, 0.15) is 11.5 Å². The van der Waals surface area contributed by atoms with Gasteiger partial charge in [-0.2, -0.15) is 0 Å². The summed E-state index contributed by atoms with van der Waals surface area (Å²) in [4.78, 5) is 14.9. The van der Waals surface area contributed by atoms with Crippen LogP contribution in [0.4, 0.5) is 11.4 Å². The fraction of sp³-hybridized carbons (Fsp3) is 0.188. The molecule has 0 radical (unpaired) electrons. The lowest BCUT2D eigenvalue weighted by Gasteiger charge is -2.09. The Morgan fingerprint density at radius 1 is 1.17 bits per heavy atom. The van der Waals surface area contributed by atoms with Gasteiger partial charge in [0.05, 0.1) is 29.3 Å². The minimum absolute atomic E-state index is 0.0440. The second kappa shape index (κ2) is 7.23. The first-order valence-electron chi connectivity index (χ1n) is 6.67. The Labute approximate surface area is 142 Å². The van der Waals surface area contributed by atoms with Crippen molar-refractivity contribution in [3.63, 3.8) is 0 Å². The van der Waals surface area contributed by atoms with Crippen LogP contribution in [0.2, 0.25) is 0 Å². The summed E-state index contributed by atoms with van der Waals surface area (Å²) >= 11 is 3.41. The number of benzene rings is 2. The molecule has 0 aromatic heterocycles.